The highest BCUT2D eigenvalue weighted by atomic mass is 16.7. The number of nitrogens with zero attached hydrogens (tertiary/aromatic N) is 2. The fraction of sp³-hybridized carbons (Fsp3) is 0.667. The van der Waals surface area contributed by atoms with Crippen LogP contribution in [0.2, 0.25) is 0 Å². The molecule has 0 aliphatic carbocycles. The first-order chi connectivity index (χ1) is 11.8. The van der Waals surface area contributed by atoms with Gasteiger partial charge in [0.15, 0.2) is 0 Å². The highest BCUT2D eigenvalue weighted by Gasteiger charge is 2.52. The third-order valence-electron chi connectivity index (χ3n) is 4.58. The van der Waals surface area contributed by atoms with E-state index in [4.69, 9.17) is 14.0 Å². The van der Waals surface area contributed by atoms with E-state index in [1.807, 2.05) is 67.7 Å². The van der Waals surface area contributed by atoms with Gasteiger partial charge in [-0.2, -0.15) is 5.10 Å². The maximum atomic E-state index is 12.0. The molecule has 0 saturated carbocycles. The highest BCUT2D eigenvalue weighted by Crippen LogP contribution is 2.38. The Balaban J connectivity index is 2.20. The van der Waals surface area contributed by atoms with Crippen LogP contribution in [-0.2, 0) is 21.1 Å². The number of aryl methyl sites for hydroxylation is 1. The number of rotatable bonds is 4. The molecule has 0 spiro atoms. The molecule has 1 aliphatic rings. The Kier molecular flexibility index (Phi) is 5.59. The Morgan fingerprint density at radius 2 is 1.88 bits per heavy atom. The maximum Gasteiger partial charge on any atom is 0.492 e. The average molecular weight is 363 g/mol. The number of carbonyl (C=O) groups excluding carboxylic acids is 1. The van der Waals surface area contributed by atoms with Crippen molar-refractivity contribution in [2.75, 3.05) is 6.54 Å². The first-order valence-electron chi connectivity index (χ1n) is 8.82. The summed E-state index contributed by atoms with van der Waals surface area (Å²) in [5.74, 6) is 0. The summed E-state index contributed by atoms with van der Waals surface area (Å²) >= 11 is 0. The Morgan fingerprint density at radius 3 is 2.35 bits per heavy atom. The molecule has 1 N–H and O–H groups in total. The van der Waals surface area contributed by atoms with Crippen molar-refractivity contribution in [1.82, 2.24) is 15.1 Å². The number of aromatic nitrogens is 2. The lowest BCUT2D eigenvalue weighted by Gasteiger charge is -2.32. The van der Waals surface area contributed by atoms with Gasteiger partial charge in [0.05, 0.1) is 16.9 Å². The summed E-state index contributed by atoms with van der Waals surface area (Å²) in [5.41, 5.74) is 0.198. The summed E-state index contributed by atoms with van der Waals surface area (Å²) in [5, 5.41) is 6.96. The van der Waals surface area contributed by atoms with Crippen molar-refractivity contribution in [2.24, 2.45) is 7.05 Å². The van der Waals surface area contributed by atoms with E-state index < -0.39 is 30.0 Å². The van der Waals surface area contributed by atoms with Crippen LogP contribution >= 0.6 is 0 Å². The van der Waals surface area contributed by atoms with E-state index in [1.54, 1.807) is 10.9 Å². The van der Waals surface area contributed by atoms with E-state index >= 15 is 0 Å². The predicted molar refractivity (Wildman–Crippen MR) is 102 cm³/mol. The smallest absolute Gasteiger partial charge is 0.444 e. The van der Waals surface area contributed by atoms with Crippen molar-refractivity contribution in [3.63, 3.8) is 0 Å². The molecule has 7 nitrogen and oxygen atoms in total. The summed E-state index contributed by atoms with van der Waals surface area (Å²) in [6.45, 7) is 13.7. The van der Waals surface area contributed by atoms with Crippen molar-refractivity contribution in [3.05, 3.63) is 23.4 Å². The van der Waals surface area contributed by atoms with Crippen molar-refractivity contribution in [3.8, 4) is 0 Å². The third-order valence-corrected chi connectivity index (χ3v) is 4.58. The molecule has 1 saturated heterocycles. The number of amides is 1. The maximum absolute atomic E-state index is 12.0. The van der Waals surface area contributed by atoms with Crippen LogP contribution in [0, 0.1) is 0 Å². The minimum atomic E-state index is -0.565. The van der Waals surface area contributed by atoms with E-state index in [-0.39, 0.29) is 6.54 Å². The monoisotopic (exact) mass is 363 g/mol. The van der Waals surface area contributed by atoms with E-state index in [9.17, 15) is 4.79 Å². The van der Waals surface area contributed by atoms with E-state index in [0.717, 1.165) is 11.2 Å². The van der Waals surface area contributed by atoms with E-state index in [0.29, 0.717) is 0 Å². The van der Waals surface area contributed by atoms with Crippen molar-refractivity contribution >= 4 is 19.3 Å². The van der Waals surface area contributed by atoms with Crippen LogP contribution in [0.15, 0.2) is 17.7 Å². The Hall–Kier alpha value is -1.80. The van der Waals surface area contributed by atoms with Gasteiger partial charge in [-0.15, -0.1) is 0 Å². The van der Waals surface area contributed by atoms with E-state index in [2.05, 4.69) is 10.4 Å². The molecule has 0 unspecified atom stereocenters. The number of hydrogen-bond acceptors (Lipinski definition) is 5. The van der Waals surface area contributed by atoms with Crippen molar-refractivity contribution in [2.45, 2.75) is 65.3 Å². The summed E-state index contributed by atoms with van der Waals surface area (Å²) < 4.78 is 19.3. The molecule has 1 aromatic rings. The van der Waals surface area contributed by atoms with Crippen LogP contribution in [0.4, 0.5) is 4.79 Å². The van der Waals surface area contributed by atoms with Gasteiger partial charge in [0.1, 0.15) is 5.60 Å². The molecule has 1 aliphatic heterocycles. The van der Waals surface area contributed by atoms with Gasteiger partial charge in [-0.05, 0) is 66.1 Å². The second-order valence-electron chi connectivity index (χ2n) is 8.54. The zero-order valence-electron chi connectivity index (χ0n) is 17.0. The molecule has 0 atom stereocenters. The molecule has 1 amide bonds. The number of hydrogen-bond donors (Lipinski definition) is 1. The Labute approximate surface area is 156 Å². The number of carbonyl (C=O) groups is 1. The van der Waals surface area contributed by atoms with Gasteiger partial charge in [-0.3, -0.25) is 4.68 Å². The van der Waals surface area contributed by atoms with Gasteiger partial charge in [0.2, 0.25) is 0 Å². The number of ether oxygens (including phenoxy) is 1. The Morgan fingerprint density at radius 1 is 1.31 bits per heavy atom. The standard InChI is InChI=1S/C18H30BN3O4/c1-16(2,3)24-15(23)20-12-13(11-14-9-10-21-22(14)8)19-25-17(4,5)18(6,7)26-19/h9-11H,12H2,1-8H3,(H,20,23). The van der Waals surface area contributed by atoms with Crippen LogP contribution in [-0.4, -0.2) is 46.3 Å². The number of alkyl carbamates (subject to hydrolysis) is 1. The molecule has 0 radical (unpaired) electrons. The fourth-order valence-electron chi connectivity index (χ4n) is 2.40. The molecule has 144 valence electrons. The zero-order chi connectivity index (χ0) is 19.8. The molecular formula is C18H30BN3O4. The van der Waals surface area contributed by atoms with Crippen LogP contribution in [0.1, 0.15) is 54.2 Å². The molecule has 8 heteroatoms. The summed E-state index contributed by atoms with van der Waals surface area (Å²) in [4.78, 5) is 12.0. The second kappa shape index (κ2) is 7.08. The summed E-state index contributed by atoms with van der Waals surface area (Å²) in [7, 11) is 1.29. The van der Waals surface area contributed by atoms with Gasteiger partial charge in [0, 0.05) is 19.8 Å². The minimum absolute atomic E-state index is 0.247. The van der Waals surface area contributed by atoms with Crippen LogP contribution in [0.25, 0.3) is 6.08 Å². The first-order valence-corrected chi connectivity index (χ1v) is 8.82. The molecular weight excluding hydrogens is 333 g/mol. The van der Waals surface area contributed by atoms with Crippen molar-refractivity contribution < 1.29 is 18.8 Å². The van der Waals surface area contributed by atoms with Gasteiger partial charge in [-0.25, -0.2) is 4.79 Å². The minimum Gasteiger partial charge on any atom is -0.444 e. The number of nitrogens with one attached hydrogen (secondary N) is 1. The van der Waals surface area contributed by atoms with Crippen molar-refractivity contribution in [1.29, 1.82) is 0 Å². The van der Waals surface area contributed by atoms with Crippen LogP contribution in [0.3, 0.4) is 0 Å². The lowest BCUT2D eigenvalue weighted by atomic mass is 9.77. The summed E-state index contributed by atoms with van der Waals surface area (Å²) in [6, 6.07) is 1.89. The quantitative estimate of drug-likeness (QED) is 0.833. The largest absolute Gasteiger partial charge is 0.492 e. The van der Waals surface area contributed by atoms with Crippen LogP contribution in [0.5, 0.6) is 0 Å². The lowest BCUT2D eigenvalue weighted by molar-refractivity contribution is 0.00578. The molecule has 1 fully saturated rings. The SMILES string of the molecule is Cn1nccc1C=C(CNC(=O)OC(C)(C)C)B1OC(C)(C)C(C)(C)O1. The average Bonchev–Trinajstić information content (AvgIpc) is 2.93. The zero-order valence-corrected chi connectivity index (χ0v) is 17.0. The van der Waals surface area contributed by atoms with Gasteiger partial charge < -0.3 is 19.4 Å². The molecule has 0 bridgehead atoms. The first kappa shape index (κ1) is 20.5. The molecule has 2 rings (SSSR count). The summed E-state index contributed by atoms with van der Waals surface area (Å²) in [6.07, 6.45) is 3.16. The second-order valence-corrected chi connectivity index (χ2v) is 8.54. The molecule has 0 aromatic carbocycles. The molecule has 26 heavy (non-hydrogen) atoms. The lowest BCUT2D eigenvalue weighted by Crippen LogP contribution is -2.41. The fourth-order valence-corrected chi connectivity index (χ4v) is 2.40. The van der Waals surface area contributed by atoms with Crippen LogP contribution < -0.4 is 5.32 Å². The third kappa shape index (κ3) is 4.89. The van der Waals surface area contributed by atoms with Gasteiger partial charge in [-0.1, -0.05) is 0 Å². The predicted octanol–water partition coefficient (Wildman–Crippen LogP) is 2.96. The van der Waals surface area contributed by atoms with E-state index in [1.165, 1.54) is 0 Å². The normalized spacial score (nSPS) is 19.5. The van der Waals surface area contributed by atoms with Gasteiger partial charge in [0.25, 0.3) is 0 Å². The molecule has 2 heterocycles. The topological polar surface area (TPSA) is 74.6 Å². The molecule has 1 aromatic heterocycles. The highest BCUT2D eigenvalue weighted by molar-refractivity contribution is 6.56. The Bertz CT molecular complexity index is 673. The van der Waals surface area contributed by atoms with Gasteiger partial charge >= 0.3 is 13.2 Å².